The van der Waals surface area contributed by atoms with E-state index in [1.807, 2.05) is 37.3 Å². The van der Waals surface area contributed by atoms with Gasteiger partial charge in [-0.25, -0.2) is 0 Å². The average Bonchev–Trinajstić information content (AvgIpc) is 2.55. The van der Waals surface area contributed by atoms with Crippen molar-refractivity contribution >= 4 is 23.2 Å². The summed E-state index contributed by atoms with van der Waals surface area (Å²) in [5, 5.41) is 10.7. The number of rotatable bonds is 2. The Morgan fingerprint density at radius 1 is 1.09 bits per heavy atom. The summed E-state index contributed by atoms with van der Waals surface area (Å²) in [7, 11) is 0. The molecular formula is C18H19ClN2O2. The lowest BCUT2D eigenvalue weighted by molar-refractivity contribution is 0.0744. The molecule has 0 spiro atoms. The van der Waals surface area contributed by atoms with E-state index in [0.717, 1.165) is 29.4 Å². The standard InChI is InChI=1S/C18H19ClN2O2/c1-13-6-7-14(17(22)12-13)18(23)21-10-8-20(9-11-21)16-5-3-2-4-15(16)19/h2-7,12,22H,8-11H2,1H3. The van der Waals surface area contributed by atoms with Crippen molar-refractivity contribution in [2.45, 2.75) is 6.92 Å². The molecule has 0 bridgehead atoms. The maximum atomic E-state index is 12.6. The SMILES string of the molecule is Cc1ccc(C(=O)N2CCN(c3ccccc3Cl)CC2)c(O)c1. The Morgan fingerprint density at radius 2 is 1.78 bits per heavy atom. The first-order chi connectivity index (χ1) is 11.1. The van der Waals surface area contributed by atoms with Gasteiger partial charge in [0.25, 0.3) is 5.91 Å². The highest BCUT2D eigenvalue weighted by molar-refractivity contribution is 6.33. The van der Waals surface area contributed by atoms with Crippen LogP contribution in [0.25, 0.3) is 0 Å². The second-order valence-corrected chi connectivity index (χ2v) is 6.16. The van der Waals surface area contributed by atoms with Crippen LogP contribution in [0.2, 0.25) is 5.02 Å². The lowest BCUT2D eigenvalue weighted by Gasteiger charge is -2.36. The number of benzene rings is 2. The molecule has 4 nitrogen and oxygen atoms in total. The summed E-state index contributed by atoms with van der Waals surface area (Å²) in [5.41, 5.74) is 2.30. The highest BCUT2D eigenvalue weighted by Gasteiger charge is 2.24. The number of anilines is 1. The Labute approximate surface area is 140 Å². The number of phenols is 1. The lowest BCUT2D eigenvalue weighted by atomic mass is 10.1. The predicted molar refractivity (Wildman–Crippen MR) is 92.4 cm³/mol. The number of hydrogen-bond donors (Lipinski definition) is 1. The fraction of sp³-hybridized carbons (Fsp3) is 0.278. The first kappa shape index (κ1) is 15.7. The van der Waals surface area contributed by atoms with Crippen molar-refractivity contribution in [2.75, 3.05) is 31.1 Å². The molecule has 5 heteroatoms. The molecule has 0 saturated carbocycles. The van der Waals surface area contributed by atoms with E-state index in [4.69, 9.17) is 11.6 Å². The smallest absolute Gasteiger partial charge is 0.257 e. The summed E-state index contributed by atoms with van der Waals surface area (Å²) in [5.74, 6) is -0.0788. The molecule has 0 aliphatic carbocycles. The Morgan fingerprint density at radius 3 is 2.43 bits per heavy atom. The van der Waals surface area contributed by atoms with E-state index in [9.17, 15) is 9.90 Å². The van der Waals surface area contributed by atoms with Crippen molar-refractivity contribution in [3.8, 4) is 5.75 Å². The zero-order chi connectivity index (χ0) is 16.4. The van der Waals surface area contributed by atoms with Crippen LogP contribution in [0.3, 0.4) is 0 Å². The van der Waals surface area contributed by atoms with Gasteiger partial charge < -0.3 is 14.9 Å². The number of carbonyl (C=O) groups is 1. The van der Waals surface area contributed by atoms with Crippen LogP contribution < -0.4 is 4.90 Å². The second kappa shape index (κ2) is 6.50. The van der Waals surface area contributed by atoms with Gasteiger partial charge in [0.15, 0.2) is 0 Å². The summed E-state index contributed by atoms with van der Waals surface area (Å²) in [6, 6.07) is 12.9. The first-order valence-electron chi connectivity index (χ1n) is 7.64. The molecular weight excluding hydrogens is 312 g/mol. The van der Waals surface area contributed by atoms with E-state index in [1.54, 1.807) is 17.0 Å². The van der Waals surface area contributed by atoms with Gasteiger partial charge in [0.2, 0.25) is 0 Å². The molecule has 0 atom stereocenters. The third-order valence-electron chi connectivity index (χ3n) is 4.14. The van der Waals surface area contributed by atoms with E-state index in [1.165, 1.54) is 0 Å². The summed E-state index contributed by atoms with van der Waals surface area (Å²) in [6.45, 7) is 4.55. The number of para-hydroxylation sites is 1. The summed E-state index contributed by atoms with van der Waals surface area (Å²) < 4.78 is 0. The number of nitrogens with zero attached hydrogens (tertiary/aromatic N) is 2. The minimum atomic E-state index is -0.124. The minimum Gasteiger partial charge on any atom is -0.507 e. The molecule has 1 amide bonds. The van der Waals surface area contributed by atoms with Gasteiger partial charge in [0.05, 0.1) is 16.3 Å². The van der Waals surface area contributed by atoms with Crippen LogP contribution in [0.1, 0.15) is 15.9 Å². The third-order valence-corrected chi connectivity index (χ3v) is 4.46. The highest BCUT2D eigenvalue weighted by atomic mass is 35.5. The van der Waals surface area contributed by atoms with Crippen LogP contribution in [-0.4, -0.2) is 42.1 Å². The molecule has 0 aromatic heterocycles. The van der Waals surface area contributed by atoms with Crippen LogP contribution >= 0.6 is 11.6 Å². The Balaban J connectivity index is 1.69. The summed E-state index contributed by atoms with van der Waals surface area (Å²) in [6.07, 6.45) is 0. The number of halogens is 1. The van der Waals surface area contributed by atoms with Gasteiger partial charge in [0, 0.05) is 26.2 Å². The summed E-state index contributed by atoms with van der Waals surface area (Å²) >= 11 is 6.23. The Kier molecular flexibility index (Phi) is 4.44. The van der Waals surface area contributed by atoms with Gasteiger partial charge in [-0.3, -0.25) is 4.79 Å². The van der Waals surface area contributed by atoms with Crippen molar-refractivity contribution in [3.05, 3.63) is 58.6 Å². The van der Waals surface area contributed by atoms with Crippen molar-refractivity contribution in [3.63, 3.8) is 0 Å². The summed E-state index contributed by atoms with van der Waals surface area (Å²) in [4.78, 5) is 16.5. The number of hydrogen-bond acceptors (Lipinski definition) is 3. The van der Waals surface area contributed by atoms with Crippen LogP contribution in [0.4, 0.5) is 5.69 Å². The van der Waals surface area contributed by atoms with Crippen molar-refractivity contribution < 1.29 is 9.90 Å². The number of piperazine rings is 1. The molecule has 0 unspecified atom stereocenters. The molecule has 1 heterocycles. The molecule has 2 aromatic carbocycles. The van der Waals surface area contributed by atoms with Crippen LogP contribution in [0, 0.1) is 6.92 Å². The van der Waals surface area contributed by atoms with Gasteiger partial charge in [-0.1, -0.05) is 29.8 Å². The van der Waals surface area contributed by atoms with Gasteiger partial charge in [-0.15, -0.1) is 0 Å². The minimum absolute atomic E-state index is 0.0449. The monoisotopic (exact) mass is 330 g/mol. The molecule has 1 aliphatic rings. The largest absolute Gasteiger partial charge is 0.507 e. The molecule has 0 radical (unpaired) electrons. The number of carbonyl (C=O) groups excluding carboxylic acids is 1. The van der Waals surface area contributed by atoms with Crippen molar-refractivity contribution in [1.82, 2.24) is 4.90 Å². The number of aryl methyl sites for hydroxylation is 1. The molecule has 23 heavy (non-hydrogen) atoms. The maximum absolute atomic E-state index is 12.6. The molecule has 3 rings (SSSR count). The second-order valence-electron chi connectivity index (χ2n) is 5.75. The molecule has 1 N–H and O–H groups in total. The zero-order valence-electron chi connectivity index (χ0n) is 13.0. The average molecular weight is 331 g/mol. The lowest BCUT2D eigenvalue weighted by Crippen LogP contribution is -2.48. The fourth-order valence-electron chi connectivity index (χ4n) is 2.85. The third kappa shape index (κ3) is 3.27. The Bertz CT molecular complexity index is 725. The van der Waals surface area contributed by atoms with E-state index >= 15 is 0 Å². The Hall–Kier alpha value is -2.20. The molecule has 120 valence electrons. The topological polar surface area (TPSA) is 43.8 Å². The van der Waals surface area contributed by atoms with E-state index < -0.39 is 0 Å². The van der Waals surface area contributed by atoms with Crippen LogP contribution in [0.5, 0.6) is 5.75 Å². The van der Waals surface area contributed by atoms with Gasteiger partial charge in [0.1, 0.15) is 5.75 Å². The highest BCUT2D eigenvalue weighted by Crippen LogP contribution is 2.27. The van der Waals surface area contributed by atoms with Gasteiger partial charge in [-0.05, 0) is 36.8 Å². The fourth-order valence-corrected chi connectivity index (χ4v) is 3.11. The predicted octanol–water partition coefficient (Wildman–Crippen LogP) is 3.32. The van der Waals surface area contributed by atoms with Crippen molar-refractivity contribution in [1.29, 1.82) is 0 Å². The molecule has 2 aromatic rings. The number of phenolic OH excluding ortho intramolecular Hbond substituents is 1. The van der Waals surface area contributed by atoms with E-state index in [0.29, 0.717) is 18.7 Å². The number of amides is 1. The van der Waals surface area contributed by atoms with Gasteiger partial charge in [-0.2, -0.15) is 0 Å². The van der Waals surface area contributed by atoms with Crippen LogP contribution in [-0.2, 0) is 0 Å². The quantitative estimate of drug-likeness (QED) is 0.918. The molecule has 1 fully saturated rings. The maximum Gasteiger partial charge on any atom is 0.257 e. The van der Waals surface area contributed by atoms with Crippen LogP contribution in [0.15, 0.2) is 42.5 Å². The number of aromatic hydroxyl groups is 1. The normalized spacial score (nSPS) is 14.9. The first-order valence-corrected chi connectivity index (χ1v) is 8.02. The van der Waals surface area contributed by atoms with E-state index in [2.05, 4.69) is 4.90 Å². The zero-order valence-corrected chi connectivity index (χ0v) is 13.8. The van der Waals surface area contributed by atoms with Gasteiger partial charge >= 0.3 is 0 Å². The molecule has 1 aliphatic heterocycles. The molecule has 1 saturated heterocycles. The van der Waals surface area contributed by atoms with Crippen molar-refractivity contribution in [2.24, 2.45) is 0 Å². The van der Waals surface area contributed by atoms with E-state index in [-0.39, 0.29) is 11.7 Å².